The number of hydrogen-bond donors (Lipinski definition) is 3. The van der Waals surface area contributed by atoms with Crippen LogP contribution in [-0.4, -0.2) is 16.0 Å². The molecule has 1 rings (SSSR count). The van der Waals surface area contributed by atoms with Crippen LogP contribution in [0.5, 0.6) is 0 Å². The highest BCUT2D eigenvalue weighted by Gasteiger charge is 2.05. The molecule has 0 aliphatic rings. The number of aromatic nitrogens is 2. The lowest BCUT2D eigenvalue weighted by Crippen LogP contribution is -2.18. The molecular formula is C5H5ClN4O. The van der Waals surface area contributed by atoms with Gasteiger partial charge in [0.15, 0.2) is 0 Å². The quantitative estimate of drug-likeness (QED) is 0.401. The standard InChI is InChI=1S/C5H5ClN4O/c6-3-2(4(7)8)1-9-10-5(3)11/h1H,(H3,7,8)(H,10,11). The Labute approximate surface area is 66.7 Å². The molecule has 5 nitrogen and oxygen atoms in total. The first kappa shape index (κ1) is 7.74. The summed E-state index contributed by atoms with van der Waals surface area (Å²) in [7, 11) is 0. The number of nitrogens with one attached hydrogen (secondary N) is 2. The molecule has 0 aromatic carbocycles. The first-order valence-corrected chi connectivity index (χ1v) is 3.08. The Balaban J connectivity index is 3.39. The third-order valence-electron chi connectivity index (χ3n) is 1.09. The number of nitrogens with zero attached hydrogens (tertiary/aromatic N) is 1. The van der Waals surface area contributed by atoms with Crippen molar-refractivity contribution in [1.29, 1.82) is 5.41 Å². The molecule has 1 aromatic heterocycles. The minimum Gasteiger partial charge on any atom is -0.384 e. The van der Waals surface area contributed by atoms with Crippen molar-refractivity contribution >= 4 is 17.4 Å². The van der Waals surface area contributed by atoms with E-state index in [0.29, 0.717) is 0 Å². The van der Waals surface area contributed by atoms with Crippen LogP contribution >= 0.6 is 11.6 Å². The van der Waals surface area contributed by atoms with Crippen molar-refractivity contribution in [1.82, 2.24) is 10.2 Å². The van der Waals surface area contributed by atoms with Gasteiger partial charge in [-0.3, -0.25) is 10.2 Å². The highest BCUT2D eigenvalue weighted by molar-refractivity contribution is 6.33. The van der Waals surface area contributed by atoms with Crippen molar-refractivity contribution in [3.8, 4) is 0 Å². The normalized spacial score (nSPS) is 9.55. The number of halogens is 1. The summed E-state index contributed by atoms with van der Waals surface area (Å²) < 4.78 is 0. The van der Waals surface area contributed by atoms with E-state index in [9.17, 15) is 4.79 Å². The lowest BCUT2D eigenvalue weighted by atomic mass is 10.3. The zero-order valence-electron chi connectivity index (χ0n) is 5.39. The monoisotopic (exact) mass is 172 g/mol. The predicted octanol–water partition coefficient (Wildman–Crippen LogP) is -0.293. The van der Waals surface area contributed by atoms with Crippen LogP contribution in [0.2, 0.25) is 5.02 Å². The van der Waals surface area contributed by atoms with Crippen molar-refractivity contribution in [2.45, 2.75) is 0 Å². The van der Waals surface area contributed by atoms with Gasteiger partial charge >= 0.3 is 0 Å². The fraction of sp³-hybridized carbons (Fsp3) is 0. The zero-order chi connectivity index (χ0) is 8.43. The first-order valence-electron chi connectivity index (χ1n) is 2.70. The molecule has 0 fully saturated rings. The molecule has 0 amide bonds. The third kappa shape index (κ3) is 1.38. The molecule has 0 saturated carbocycles. The van der Waals surface area contributed by atoms with Crippen LogP contribution in [0.3, 0.4) is 0 Å². The summed E-state index contributed by atoms with van der Waals surface area (Å²) in [5, 5.41) is 12.4. The Kier molecular flexibility index (Phi) is 1.91. The number of H-pyrrole nitrogens is 1. The van der Waals surface area contributed by atoms with Gasteiger partial charge in [0, 0.05) is 0 Å². The van der Waals surface area contributed by atoms with E-state index in [-0.39, 0.29) is 16.4 Å². The number of nitrogen functional groups attached to an aromatic ring is 1. The van der Waals surface area contributed by atoms with Gasteiger partial charge in [-0.1, -0.05) is 11.6 Å². The van der Waals surface area contributed by atoms with Crippen molar-refractivity contribution < 1.29 is 0 Å². The van der Waals surface area contributed by atoms with Crippen LogP contribution in [0.15, 0.2) is 11.0 Å². The SMILES string of the molecule is N=C(N)c1cn[nH]c(=O)c1Cl. The van der Waals surface area contributed by atoms with Crippen LogP contribution in [0.1, 0.15) is 5.56 Å². The summed E-state index contributed by atoms with van der Waals surface area (Å²) >= 11 is 5.48. The second kappa shape index (κ2) is 2.71. The van der Waals surface area contributed by atoms with Crippen molar-refractivity contribution in [2.75, 3.05) is 0 Å². The number of aromatic amines is 1. The molecular weight excluding hydrogens is 168 g/mol. The molecule has 4 N–H and O–H groups in total. The molecule has 1 heterocycles. The summed E-state index contributed by atoms with van der Waals surface area (Å²) in [6.45, 7) is 0. The van der Waals surface area contributed by atoms with Gasteiger partial charge in [0.25, 0.3) is 5.56 Å². The van der Waals surface area contributed by atoms with E-state index in [1.807, 2.05) is 0 Å². The fourth-order valence-corrected chi connectivity index (χ4v) is 0.764. The van der Waals surface area contributed by atoms with Crippen molar-refractivity contribution in [3.63, 3.8) is 0 Å². The molecule has 0 radical (unpaired) electrons. The topological polar surface area (TPSA) is 95.6 Å². The van der Waals surface area contributed by atoms with E-state index in [4.69, 9.17) is 22.7 Å². The smallest absolute Gasteiger partial charge is 0.283 e. The highest BCUT2D eigenvalue weighted by atomic mass is 35.5. The Hall–Kier alpha value is -1.36. The largest absolute Gasteiger partial charge is 0.384 e. The van der Waals surface area contributed by atoms with Gasteiger partial charge in [-0.25, -0.2) is 5.10 Å². The summed E-state index contributed by atoms with van der Waals surface area (Å²) in [6, 6.07) is 0. The van der Waals surface area contributed by atoms with Gasteiger partial charge in [-0.2, -0.15) is 5.10 Å². The van der Waals surface area contributed by atoms with Gasteiger partial charge in [0.05, 0.1) is 11.8 Å². The molecule has 0 spiro atoms. The average Bonchev–Trinajstić information content (AvgIpc) is 1.94. The van der Waals surface area contributed by atoms with Crippen LogP contribution in [0.25, 0.3) is 0 Å². The van der Waals surface area contributed by atoms with Gasteiger partial charge in [-0.05, 0) is 0 Å². The molecule has 1 aromatic rings. The van der Waals surface area contributed by atoms with E-state index in [1.54, 1.807) is 0 Å². The van der Waals surface area contributed by atoms with Crippen molar-refractivity contribution in [2.24, 2.45) is 5.73 Å². The lowest BCUT2D eigenvalue weighted by Gasteiger charge is -1.96. The molecule has 11 heavy (non-hydrogen) atoms. The molecule has 0 aliphatic carbocycles. The average molecular weight is 173 g/mol. The molecule has 6 heteroatoms. The van der Waals surface area contributed by atoms with Crippen LogP contribution in [-0.2, 0) is 0 Å². The van der Waals surface area contributed by atoms with Gasteiger partial charge < -0.3 is 5.73 Å². The zero-order valence-corrected chi connectivity index (χ0v) is 6.14. The van der Waals surface area contributed by atoms with E-state index < -0.39 is 5.56 Å². The summed E-state index contributed by atoms with van der Waals surface area (Å²) in [5.41, 5.74) is 4.70. The first-order chi connectivity index (χ1) is 5.13. The second-order valence-corrected chi connectivity index (χ2v) is 2.22. The van der Waals surface area contributed by atoms with E-state index in [2.05, 4.69) is 10.2 Å². The number of rotatable bonds is 1. The molecule has 0 atom stereocenters. The maximum Gasteiger partial charge on any atom is 0.283 e. The van der Waals surface area contributed by atoms with Crippen LogP contribution < -0.4 is 11.3 Å². The fourth-order valence-electron chi connectivity index (χ4n) is 0.571. The molecule has 0 aliphatic heterocycles. The van der Waals surface area contributed by atoms with Crippen LogP contribution in [0, 0.1) is 5.41 Å². The molecule has 58 valence electrons. The van der Waals surface area contributed by atoms with E-state index >= 15 is 0 Å². The maximum atomic E-state index is 10.7. The van der Waals surface area contributed by atoms with E-state index in [0.717, 1.165) is 0 Å². The number of amidine groups is 1. The minimum atomic E-state index is -0.542. The van der Waals surface area contributed by atoms with Gasteiger partial charge in [0.1, 0.15) is 10.9 Å². The third-order valence-corrected chi connectivity index (χ3v) is 1.46. The summed E-state index contributed by atoms with van der Waals surface area (Å²) in [4.78, 5) is 10.7. The van der Waals surface area contributed by atoms with Crippen molar-refractivity contribution in [3.05, 3.63) is 27.1 Å². The predicted molar refractivity (Wildman–Crippen MR) is 40.9 cm³/mol. The van der Waals surface area contributed by atoms with E-state index in [1.165, 1.54) is 6.20 Å². The second-order valence-electron chi connectivity index (χ2n) is 1.84. The van der Waals surface area contributed by atoms with Gasteiger partial charge in [0.2, 0.25) is 0 Å². The molecule has 0 saturated heterocycles. The number of hydrogen-bond acceptors (Lipinski definition) is 3. The lowest BCUT2D eigenvalue weighted by molar-refractivity contribution is 0.983. The Bertz CT molecular complexity index is 345. The summed E-state index contributed by atoms with van der Waals surface area (Å²) in [5.74, 6) is -0.270. The van der Waals surface area contributed by atoms with Gasteiger partial charge in [-0.15, -0.1) is 0 Å². The maximum absolute atomic E-state index is 10.7. The Morgan fingerprint density at radius 3 is 2.91 bits per heavy atom. The number of nitrogens with two attached hydrogens (primary N) is 1. The Morgan fingerprint density at radius 1 is 1.82 bits per heavy atom. The molecule has 0 unspecified atom stereocenters. The summed E-state index contributed by atoms with van der Waals surface area (Å²) in [6.07, 6.45) is 1.23. The Morgan fingerprint density at radius 2 is 2.45 bits per heavy atom. The van der Waals surface area contributed by atoms with Crippen LogP contribution in [0.4, 0.5) is 0 Å². The minimum absolute atomic E-state index is 0.104. The molecule has 0 bridgehead atoms. The highest BCUT2D eigenvalue weighted by Crippen LogP contribution is 2.05.